The number of nitrogens with zero attached hydrogens (tertiary/aromatic N) is 1. The summed E-state index contributed by atoms with van der Waals surface area (Å²) in [6.45, 7) is 0.330. The predicted octanol–water partition coefficient (Wildman–Crippen LogP) is 1.30. The predicted molar refractivity (Wildman–Crippen MR) is 90.8 cm³/mol. The molecule has 2 fully saturated rings. The largest absolute Gasteiger partial charge is 0.493 e. The molecule has 0 saturated carbocycles. The third-order valence-corrected chi connectivity index (χ3v) is 5.11. The van der Waals surface area contributed by atoms with Crippen LogP contribution in [-0.2, 0) is 4.79 Å². The third-order valence-electron chi connectivity index (χ3n) is 5.11. The second kappa shape index (κ2) is 7.21. The van der Waals surface area contributed by atoms with E-state index in [-0.39, 0.29) is 5.91 Å². The summed E-state index contributed by atoms with van der Waals surface area (Å²) < 4.78 is 5.59. The van der Waals surface area contributed by atoms with Crippen LogP contribution in [0.25, 0.3) is 0 Å². The van der Waals surface area contributed by atoms with Crippen LogP contribution in [0.3, 0.4) is 0 Å². The molecule has 2 amide bonds. The van der Waals surface area contributed by atoms with Crippen molar-refractivity contribution in [1.29, 1.82) is 0 Å². The summed E-state index contributed by atoms with van der Waals surface area (Å²) in [6.07, 6.45) is 4.91. The second-order valence-electron chi connectivity index (χ2n) is 6.75. The van der Waals surface area contributed by atoms with Crippen LogP contribution in [0.4, 0.5) is 0 Å². The lowest BCUT2D eigenvalue weighted by molar-refractivity contribution is -0.133. The lowest BCUT2D eigenvalue weighted by atomic mass is 9.98. The van der Waals surface area contributed by atoms with Crippen molar-refractivity contribution in [3.8, 4) is 5.75 Å². The number of rotatable bonds is 6. The van der Waals surface area contributed by atoms with Gasteiger partial charge in [0.25, 0.3) is 0 Å². The fourth-order valence-corrected chi connectivity index (χ4v) is 3.70. The van der Waals surface area contributed by atoms with E-state index < -0.39 is 5.91 Å². The van der Waals surface area contributed by atoms with Crippen molar-refractivity contribution in [3.05, 3.63) is 29.8 Å². The van der Waals surface area contributed by atoms with E-state index in [0.29, 0.717) is 42.5 Å². The topological polar surface area (TPSA) is 84.7 Å². The molecule has 0 radical (unpaired) electrons. The molecule has 2 aliphatic rings. The molecule has 1 aromatic rings. The van der Waals surface area contributed by atoms with E-state index in [1.165, 1.54) is 12.8 Å². The number of carbonyl (C=O) groups excluding carboxylic acids is 2. The van der Waals surface area contributed by atoms with Crippen LogP contribution < -0.4 is 15.8 Å². The first-order valence-corrected chi connectivity index (χ1v) is 8.57. The van der Waals surface area contributed by atoms with Crippen molar-refractivity contribution in [2.24, 2.45) is 5.73 Å². The van der Waals surface area contributed by atoms with Gasteiger partial charge in [0.1, 0.15) is 5.75 Å². The van der Waals surface area contributed by atoms with Gasteiger partial charge in [-0.25, -0.2) is 0 Å². The molecular weight excluding hydrogens is 306 g/mol. The highest BCUT2D eigenvalue weighted by molar-refractivity contribution is 5.92. The standard InChI is InChI=1S/C18H25N3O3/c1-21(15-10-13-4-5-14(11-15)20-13)17(22)8-9-24-16-6-2-12(3-7-16)18(19)23/h2-3,6-7,13-15,20H,4-5,8-11H2,1H3,(H2,19,23). The number of nitrogens with two attached hydrogens (primary N) is 1. The molecule has 6 heteroatoms. The Bertz CT molecular complexity index is 590. The van der Waals surface area contributed by atoms with Gasteiger partial charge < -0.3 is 20.7 Å². The van der Waals surface area contributed by atoms with Crippen molar-refractivity contribution in [2.45, 2.75) is 50.2 Å². The molecule has 0 aromatic heterocycles. The number of primary amides is 1. The molecule has 1 aromatic carbocycles. The smallest absolute Gasteiger partial charge is 0.248 e. The van der Waals surface area contributed by atoms with Crippen molar-refractivity contribution in [2.75, 3.05) is 13.7 Å². The number of carbonyl (C=O) groups is 2. The van der Waals surface area contributed by atoms with Crippen LogP contribution in [0, 0.1) is 0 Å². The van der Waals surface area contributed by atoms with Crippen molar-refractivity contribution >= 4 is 11.8 Å². The van der Waals surface area contributed by atoms with E-state index >= 15 is 0 Å². The molecule has 2 aliphatic heterocycles. The minimum absolute atomic E-state index is 0.120. The molecule has 0 spiro atoms. The van der Waals surface area contributed by atoms with E-state index in [9.17, 15) is 9.59 Å². The summed E-state index contributed by atoms with van der Waals surface area (Å²) in [5.74, 6) is 0.291. The number of hydrogen-bond donors (Lipinski definition) is 2. The Morgan fingerprint density at radius 2 is 1.83 bits per heavy atom. The Labute approximate surface area is 142 Å². The monoisotopic (exact) mass is 331 g/mol. The quantitative estimate of drug-likeness (QED) is 0.823. The minimum Gasteiger partial charge on any atom is -0.493 e. The van der Waals surface area contributed by atoms with Crippen molar-refractivity contribution in [3.63, 3.8) is 0 Å². The number of ether oxygens (including phenoxy) is 1. The first kappa shape index (κ1) is 16.8. The van der Waals surface area contributed by atoms with Gasteiger partial charge in [0.15, 0.2) is 0 Å². The molecule has 2 saturated heterocycles. The molecule has 3 rings (SSSR count). The second-order valence-corrected chi connectivity index (χ2v) is 6.75. The molecule has 6 nitrogen and oxygen atoms in total. The van der Waals surface area contributed by atoms with Crippen LogP contribution >= 0.6 is 0 Å². The van der Waals surface area contributed by atoms with E-state index in [1.807, 2.05) is 11.9 Å². The van der Waals surface area contributed by atoms with E-state index in [1.54, 1.807) is 24.3 Å². The van der Waals surface area contributed by atoms with Crippen LogP contribution in [0.15, 0.2) is 24.3 Å². The maximum Gasteiger partial charge on any atom is 0.248 e. The summed E-state index contributed by atoms with van der Waals surface area (Å²) >= 11 is 0. The maximum atomic E-state index is 12.4. The van der Waals surface area contributed by atoms with Gasteiger partial charge in [0, 0.05) is 30.7 Å². The van der Waals surface area contributed by atoms with Gasteiger partial charge in [-0.05, 0) is 49.9 Å². The van der Waals surface area contributed by atoms with Crippen molar-refractivity contribution < 1.29 is 14.3 Å². The molecule has 2 heterocycles. The summed E-state index contributed by atoms with van der Waals surface area (Å²) in [4.78, 5) is 25.3. The van der Waals surface area contributed by atoms with Gasteiger partial charge in [-0.1, -0.05) is 0 Å². The number of amides is 2. The van der Waals surface area contributed by atoms with Gasteiger partial charge >= 0.3 is 0 Å². The fraction of sp³-hybridized carbons (Fsp3) is 0.556. The highest BCUT2D eigenvalue weighted by Crippen LogP contribution is 2.29. The summed E-state index contributed by atoms with van der Waals surface area (Å²) in [7, 11) is 1.90. The number of hydrogen-bond acceptors (Lipinski definition) is 4. The van der Waals surface area contributed by atoms with Gasteiger partial charge in [0.2, 0.25) is 11.8 Å². The summed E-state index contributed by atoms with van der Waals surface area (Å²) in [5.41, 5.74) is 5.64. The minimum atomic E-state index is -0.464. The lowest BCUT2D eigenvalue weighted by Gasteiger charge is -2.35. The molecule has 2 unspecified atom stereocenters. The molecule has 3 N–H and O–H groups in total. The number of nitrogens with one attached hydrogen (secondary N) is 1. The average molecular weight is 331 g/mol. The normalized spacial score (nSPS) is 25.3. The van der Waals surface area contributed by atoms with Crippen LogP contribution in [0.1, 0.15) is 42.5 Å². The van der Waals surface area contributed by atoms with E-state index in [4.69, 9.17) is 10.5 Å². The Hall–Kier alpha value is -2.08. The zero-order valence-electron chi connectivity index (χ0n) is 14.0. The Morgan fingerprint density at radius 1 is 1.21 bits per heavy atom. The van der Waals surface area contributed by atoms with Crippen LogP contribution in [0.2, 0.25) is 0 Å². The zero-order valence-corrected chi connectivity index (χ0v) is 14.0. The van der Waals surface area contributed by atoms with Gasteiger partial charge in [-0.2, -0.15) is 0 Å². The molecule has 2 bridgehead atoms. The van der Waals surface area contributed by atoms with E-state index in [0.717, 1.165) is 12.8 Å². The summed E-state index contributed by atoms with van der Waals surface area (Å²) in [5, 5.41) is 3.60. The Balaban J connectivity index is 1.44. The molecular formula is C18H25N3O3. The third kappa shape index (κ3) is 3.87. The van der Waals surface area contributed by atoms with Crippen LogP contribution in [-0.4, -0.2) is 48.5 Å². The maximum absolute atomic E-state index is 12.4. The molecule has 2 atom stereocenters. The van der Waals surface area contributed by atoms with Crippen molar-refractivity contribution in [1.82, 2.24) is 10.2 Å². The number of benzene rings is 1. The average Bonchev–Trinajstić information content (AvgIpc) is 2.92. The summed E-state index contributed by atoms with van der Waals surface area (Å²) in [6, 6.07) is 8.11. The van der Waals surface area contributed by atoms with Gasteiger partial charge in [-0.3, -0.25) is 9.59 Å². The fourth-order valence-electron chi connectivity index (χ4n) is 3.70. The van der Waals surface area contributed by atoms with Crippen LogP contribution in [0.5, 0.6) is 5.75 Å². The SMILES string of the molecule is CN(C(=O)CCOc1ccc(C(N)=O)cc1)C1CC2CCC(C1)N2. The van der Waals surface area contributed by atoms with E-state index in [2.05, 4.69) is 5.32 Å². The lowest BCUT2D eigenvalue weighted by Crippen LogP contribution is -2.48. The first-order chi connectivity index (χ1) is 11.5. The highest BCUT2D eigenvalue weighted by atomic mass is 16.5. The molecule has 0 aliphatic carbocycles. The molecule has 24 heavy (non-hydrogen) atoms. The number of fused-ring (bicyclic) bond motifs is 2. The first-order valence-electron chi connectivity index (χ1n) is 8.57. The Kier molecular flexibility index (Phi) is 5.04. The zero-order chi connectivity index (χ0) is 17.1. The molecule has 130 valence electrons. The van der Waals surface area contributed by atoms with Gasteiger partial charge in [-0.15, -0.1) is 0 Å². The Morgan fingerprint density at radius 3 is 2.42 bits per heavy atom. The van der Waals surface area contributed by atoms with Gasteiger partial charge in [0.05, 0.1) is 13.0 Å². The highest BCUT2D eigenvalue weighted by Gasteiger charge is 2.36. The number of piperidine rings is 1.